The quantitative estimate of drug-likeness (QED) is 0.673. The number of methoxy groups -OCH3 is 2. The standard InChI is InChI=1S/C18H25N5O4/c1-26-13-9-11(10-14(24)27-2)8-12(15(13)25)23-17(20)21-16(19)22-18(23)6-4-3-5-7-18/h8-9,25H,3-7,10H2,1-2H3,(H4,19,20,21,22). The molecule has 9 nitrogen and oxygen atoms in total. The van der Waals surface area contributed by atoms with Crippen molar-refractivity contribution >= 4 is 23.6 Å². The molecule has 2 aliphatic rings. The van der Waals surface area contributed by atoms with Crippen LogP contribution in [-0.4, -0.2) is 42.9 Å². The molecule has 9 heteroatoms. The molecule has 1 aliphatic carbocycles. The normalized spacial score (nSPS) is 18.7. The average molecular weight is 375 g/mol. The number of phenols is 1. The monoisotopic (exact) mass is 375 g/mol. The molecule has 1 aliphatic heterocycles. The number of carbonyl (C=O) groups excluding carboxylic acids is 1. The van der Waals surface area contributed by atoms with Crippen molar-refractivity contribution in [1.29, 1.82) is 0 Å². The van der Waals surface area contributed by atoms with E-state index in [1.165, 1.54) is 14.2 Å². The Labute approximate surface area is 157 Å². The Morgan fingerprint density at radius 1 is 1.26 bits per heavy atom. The van der Waals surface area contributed by atoms with Gasteiger partial charge in [0.25, 0.3) is 0 Å². The summed E-state index contributed by atoms with van der Waals surface area (Å²) in [5, 5.41) is 10.8. The van der Waals surface area contributed by atoms with Crippen LogP contribution in [0.25, 0.3) is 0 Å². The molecule has 1 heterocycles. The number of ether oxygens (including phenoxy) is 2. The van der Waals surface area contributed by atoms with E-state index in [4.69, 9.17) is 20.9 Å². The Kier molecular flexibility index (Phi) is 5.11. The lowest BCUT2D eigenvalue weighted by Gasteiger charge is -2.45. The topological polar surface area (TPSA) is 136 Å². The molecule has 0 unspecified atom stereocenters. The van der Waals surface area contributed by atoms with E-state index in [1.54, 1.807) is 17.0 Å². The molecule has 1 aromatic carbocycles. The van der Waals surface area contributed by atoms with Crippen molar-refractivity contribution in [2.75, 3.05) is 19.1 Å². The van der Waals surface area contributed by atoms with Crippen LogP contribution in [0.5, 0.6) is 11.5 Å². The molecule has 27 heavy (non-hydrogen) atoms. The highest BCUT2D eigenvalue weighted by atomic mass is 16.5. The maximum atomic E-state index is 11.7. The van der Waals surface area contributed by atoms with Gasteiger partial charge in [-0.3, -0.25) is 9.69 Å². The zero-order chi connectivity index (χ0) is 19.6. The number of aliphatic imine (C=N–C) groups is 2. The summed E-state index contributed by atoms with van der Waals surface area (Å²) >= 11 is 0. The van der Waals surface area contributed by atoms with Gasteiger partial charge in [-0.2, -0.15) is 4.99 Å². The van der Waals surface area contributed by atoms with Crippen molar-refractivity contribution in [2.45, 2.75) is 44.2 Å². The lowest BCUT2D eigenvalue weighted by Crippen LogP contribution is -2.58. The first-order valence-corrected chi connectivity index (χ1v) is 8.86. The van der Waals surface area contributed by atoms with Gasteiger partial charge in [0.2, 0.25) is 11.9 Å². The molecule has 0 aromatic heterocycles. The number of rotatable bonds is 4. The minimum atomic E-state index is -0.708. The Morgan fingerprint density at radius 3 is 2.59 bits per heavy atom. The third-order valence-corrected chi connectivity index (χ3v) is 5.00. The van der Waals surface area contributed by atoms with Crippen LogP contribution < -0.4 is 21.1 Å². The summed E-state index contributed by atoms with van der Waals surface area (Å²) in [6.07, 6.45) is 4.50. The number of guanidine groups is 2. The Hall–Kier alpha value is -2.97. The molecule has 1 aromatic rings. The van der Waals surface area contributed by atoms with Crippen LogP contribution in [0.3, 0.4) is 0 Å². The largest absolute Gasteiger partial charge is 0.503 e. The van der Waals surface area contributed by atoms with Crippen LogP contribution in [0.4, 0.5) is 5.69 Å². The van der Waals surface area contributed by atoms with Gasteiger partial charge in [0.05, 0.1) is 26.3 Å². The fourth-order valence-corrected chi connectivity index (χ4v) is 3.79. The van der Waals surface area contributed by atoms with E-state index >= 15 is 0 Å². The summed E-state index contributed by atoms with van der Waals surface area (Å²) in [5.74, 6) is 0.0148. The highest BCUT2D eigenvalue weighted by Gasteiger charge is 2.44. The summed E-state index contributed by atoms with van der Waals surface area (Å²) in [5.41, 5.74) is 12.4. The van der Waals surface area contributed by atoms with Gasteiger partial charge in [0.1, 0.15) is 5.66 Å². The molecule has 0 saturated heterocycles. The van der Waals surface area contributed by atoms with Gasteiger partial charge >= 0.3 is 5.97 Å². The van der Waals surface area contributed by atoms with Crippen molar-refractivity contribution in [2.24, 2.45) is 21.5 Å². The van der Waals surface area contributed by atoms with E-state index in [9.17, 15) is 9.90 Å². The maximum Gasteiger partial charge on any atom is 0.309 e. The van der Waals surface area contributed by atoms with Gasteiger partial charge in [0, 0.05) is 0 Å². The molecule has 0 radical (unpaired) electrons. The van der Waals surface area contributed by atoms with Crippen LogP contribution in [0, 0.1) is 0 Å². The van der Waals surface area contributed by atoms with Crippen LogP contribution in [-0.2, 0) is 16.0 Å². The molecule has 0 bridgehead atoms. The molecule has 3 rings (SSSR count). The predicted octanol–water partition coefficient (Wildman–Crippen LogP) is 1.23. The van der Waals surface area contributed by atoms with E-state index in [-0.39, 0.29) is 29.8 Å². The summed E-state index contributed by atoms with van der Waals surface area (Å²) in [6.45, 7) is 0. The van der Waals surface area contributed by atoms with Crippen LogP contribution in [0.15, 0.2) is 22.1 Å². The second-order valence-corrected chi connectivity index (χ2v) is 6.74. The van der Waals surface area contributed by atoms with Crippen LogP contribution in [0.2, 0.25) is 0 Å². The zero-order valence-electron chi connectivity index (χ0n) is 15.6. The van der Waals surface area contributed by atoms with Crippen molar-refractivity contribution in [3.05, 3.63) is 17.7 Å². The first-order valence-electron chi connectivity index (χ1n) is 8.86. The third kappa shape index (κ3) is 3.49. The lowest BCUT2D eigenvalue weighted by atomic mass is 9.87. The minimum Gasteiger partial charge on any atom is -0.503 e. The molecule has 146 valence electrons. The van der Waals surface area contributed by atoms with Gasteiger partial charge < -0.3 is 26.0 Å². The molecular formula is C18H25N5O4. The van der Waals surface area contributed by atoms with Gasteiger partial charge in [0.15, 0.2) is 11.5 Å². The predicted molar refractivity (Wildman–Crippen MR) is 102 cm³/mol. The van der Waals surface area contributed by atoms with E-state index in [1.807, 2.05) is 0 Å². The Balaban J connectivity index is 2.13. The fraction of sp³-hybridized carbons (Fsp3) is 0.500. The number of hydrogen-bond acceptors (Lipinski definition) is 9. The number of carbonyl (C=O) groups is 1. The molecule has 0 atom stereocenters. The highest BCUT2D eigenvalue weighted by Crippen LogP contribution is 2.45. The first-order chi connectivity index (χ1) is 12.9. The molecule has 1 spiro atoms. The third-order valence-electron chi connectivity index (χ3n) is 5.00. The van der Waals surface area contributed by atoms with Crippen molar-refractivity contribution < 1.29 is 19.4 Å². The SMILES string of the molecule is COC(=O)Cc1cc(OC)c(O)c(N2C(N)=NC(N)=NC23CCCCC3)c1. The maximum absolute atomic E-state index is 11.7. The number of esters is 1. The zero-order valence-corrected chi connectivity index (χ0v) is 15.6. The second kappa shape index (κ2) is 7.34. The molecule has 0 amide bonds. The van der Waals surface area contributed by atoms with Crippen molar-refractivity contribution in [3.8, 4) is 11.5 Å². The number of anilines is 1. The van der Waals surface area contributed by atoms with Gasteiger partial charge in [-0.15, -0.1) is 0 Å². The highest BCUT2D eigenvalue weighted by molar-refractivity contribution is 6.06. The van der Waals surface area contributed by atoms with E-state index in [2.05, 4.69) is 9.98 Å². The smallest absolute Gasteiger partial charge is 0.309 e. The molecular weight excluding hydrogens is 350 g/mol. The number of nitrogens with zero attached hydrogens (tertiary/aromatic N) is 3. The minimum absolute atomic E-state index is 0.0312. The van der Waals surface area contributed by atoms with Gasteiger partial charge in [-0.1, -0.05) is 6.42 Å². The van der Waals surface area contributed by atoms with E-state index < -0.39 is 11.6 Å². The Morgan fingerprint density at radius 2 is 1.96 bits per heavy atom. The average Bonchev–Trinajstić information content (AvgIpc) is 2.63. The van der Waals surface area contributed by atoms with Crippen molar-refractivity contribution in [3.63, 3.8) is 0 Å². The summed E-state index contributed by atoms with van der Waals surface area (Å²) < 4.78 is 10.0. The molecule has 1 fully saturated rings. The van der Waals surface area contributed by atoms with Crippen molar-refractivity contribution in [1.82, 2.24) is 0 Å². The number of hydrogen-bond donors (Lipinski definition) is 3. The lowest BCUT2D eigenvalue weighted by molar-refractivity contribution is -0.139. The van der Waals surface area contributed by atoms with Gasteiger partial charge in [-0.25, -0.2) is 4.99 Å². The summed E-state index contributed by atoms with van der Waals surface area (Å²) in [4.78, 5) is 22.1. The van der Waals surface area contributed by atoms with Crippen LogP contribution in [0.1, 0.15) is 37.7 Å². The van der Waals surface area contributed by atoms with Gasteiger partial charge in [-0.05, 0) is 43.4 Å². The second-order valence-electron chi connectivity index (χ2n) is 6.74. The van der Waals surface area contributed by atoms with Crippen LogP contribution >= 0.6 is 0 Å². The number of nitrogens with two attached hydrogens (primary N) is 2. The number of phenolic OH excluding ortho intramolecular Hbond substituents is 1. The van der Waals surface area contributed by atoms with E-state index in [0.29, 0.717) is 11.3 Å². The first kappa shape index (κ1) is 18.8. The molecule has 5 N–H and O–H groups in total. The summed E-state index contributed by atoms with van der Waals surface area (Å²) in [7, 11) is 2.77. The Bertz CT molecular complexity index is 799. The number of benzene rings is 1. The fourth-order valence-electron chi connectivity index (χ4n) is 3.79. The summed E-state index contributed by atoms with van der Waals surface area (Å²) in [6, 6.07) is 3.28. The molecule has 1 saturated carbocycles. The number of aromatic hydroxyl groups is 1. The van der Waals surface area contributed by atoms with E-state index in [0.717, 1.165) is 32.1 Å².